The molecule has 20 heavy (non-hydrogen) atoms. The Bertz CT molecular complexity index is 780. The highest BCUT2D eigenvalue weighted by molar-refractivity contribution is 7.92. The molecule has 0 aliphatic rings. The highest BCUT2D eigenvalue weighted by Gasteiger charge is 2.14. The number of nitrogens with zero attached hydrogens (tertiary/aromatic N) is 1. The molecule has 0 aliphatic heterocycles. The molecular formula is C13H10FN3O2S. The molecule has 2 aromatic rings. The Kier molecular flexibility index (Phi) is 3.59. The number of rotatable bonds is 3. The lowest BCUT2D eigenvalue weighted by Crippen LogP contribution is -2.13. The maximum atomic E-state index is 13.3. The van der Waals surface area contributed by atoms with Crippen molar-refractivity contribution < 1.29 is 12.8 Å². The molecule has 3 N–H and O–H groups in total. The summed E-state index contributed by atoms with van der Waals surface area (Å²) in [5.74, 6) is -0.704. The number of hydrogen-bond acceptors (Lipinski definition) is 4. The lowest BCUT2D eigenvalue weighted by atomic mass is 10.2. The van der Waals surface area contributed by atoms with Crippen molar-refractivity contribution in [1.29, 1.82) is 5.26 Å². The predicted molar refractivity (Wildman–Crippen MR) is 72.8 cm³/mol. The molecule has 0 unspecified atom stereocenters. The predicted octanol–water partition coefficient (Wildman–Crippen LogP) is 2.08. The maximum Gasteiger partial charge on any atom is 0.261 e. The Hall–Kier alpha value is -2.59. The van der Waals surface area contributed by atoms with Crippen LogP contribution in [-0.4, -0.2) is 8.42 Å². The maximum absolute atomic E-state index is 13.3. The van der Waals surface area contributed by atoms with Crippen LogP contribution in [0.2, 0.25) is 0 Å². The topological polar surface area (TPSA) is 96.0 Å². The van der Waals surface area contributed by atoms with E-state index in [2.05, 4.69) is 4.72 Å². The highest BCUT2D eigenvalue weighted by atomic mass is 32.2. The number of benzene rings is 2. The summed E-state index contributed by atoms with van der Waals surface area (Å²) < 4.78 is 39.6. The molecule has 0 fully saturated rings. The summed E-state index contributed by atoms with van der Waals surface area (Å²) in [5.41, 5.74) is 5.67. The van der Waals surface area contributed by atoms with Gasteiger partial charge in [-0.25, -0.2) is 12.8 Å². The molecule has 0 amide bonds. The van der Waals surface area contributed by atoms with Gasteiger partial charge in [0.2, 0.25) is 0 Å². The molecule has 0 heterocycles. The monoisotopic (exact) mass is 291 g/mol. The molecule has 5 nitrogen and oxygen atoms in total. The Morgan fingerprint density at radius 2 is 1.80 bits per heavy atom. The van der Waals surface area contributed by atoms with Gasteiger partial charge in [0.1, 0.15) is 5.82 Å². The van der Waals surface area contributed by atoms with Crippen molar-refractivity contribution in [2.75, 3.05) is 10.5 Å². The zero-order chi connectivity index (χ0) is 14.8. The average Bonchev–Trinajstić information content (AvgIpc) is 2.43. The summed E-state index contributed by atoms with van der Waals surface area (Å²) in [6.07, 6.45) is 0. The van der Waals surface area contributed by atoms with Crippen LogP contribution in [0.4, 0.5) is 15.8 Å². The summed E-state index contributed by atoms with van der Waals surface area (Å²) in [6, 6.07) is 10.9. The van der Waals surface area contributed by atoms with Gasteiger partial charge in [0.15, 0.2) is 0 Å². The van der Waals surface area contributed by atoms with Crippen molar-refractivity contribution in [3.8, 4) is 6.07 Å². The van der Waals surface area contributed by atoms with E-state index in [-0.39, 0.29) is 16.3 Å². The van der Waals surface area contributed by atoms with Crippen LogP contribution < -0.4 is 10.5 Å². The molecular weight excluding hydrogens is 281 g/mol. The van der Waals surface area contributed by atoms with E-state index < -0.39 is 15.8 Å². The first kappa shape index (κ1) is 13.8. The number of anilines is 2. The zero-order valence-electron chi connectivity index (χ0n) is 10.2. The van der Waals surface area contributed by atoms with E-state index in [1.807, 2.05) is 6.07 Å². The van der Waals surface area contributed by atoms with Gasteiger partial charge < -0.3 is 5.73 Å². The second-order valence-electron chi connectivity index (χ2n) is 3.98. The fraction of sp³-hybridized carbons (Fsp3) is 0. The number of nitriles is 1. The average molecular weight is 291 g/mol. The van der Waals surface area contributed by atoms with Crippen molar-refractivity contribution in [1.82, 2.24) is 0 Å². The van der Waals surface area contributed by atoms with E-state index >= 15 is 0 Å². The molecule has 2 rings (SSSR count). The van der Waals surface area contributed by atoms with Crippen LogP contribution >= 0.6 is 0 Å². The van der Waals surface area contributed by atoms with Crippen molar-refractivity contribution in [3.63, 3.8) is 0 Å². The van der Waals surface area contributed by atoms with Crippen LogP contribution in [0.3, 0.4) is 0 Å². The van der Waals surface area contributed by atoms with E-state index in [1.54, 1.807) is 0 Å². The second kappa shape index (κ2) is 5.19. The highest BCUT2D eigenvalue weighted by Crippen LogP contribution is 2.20. The van der Waals surface area contributed by atoms with Crippen LogP contribution in [0, 0.1) is 17.1 Å². The van der Waals surface area contributed by atoms with E-state index in [0.29, 0.717) is 5.56 Å². The minimum absolute atomic E-state index is 0.0197. The minimum atomic E-state index is -3.83. The first-order valence-corrected chi connectivity index (χ1v) is 6.99. The summed E-state index contributed by atoms with van der Waals surface area (Å²) in [4.78, 5) is -0.0197. The second-order valence-corrected chi connectivity index (χ2v) is 5.66. The number of nitrogen functional groups attached to an aromatic ring is 1. The number of hydrogen-bond donors (Lipinski definition) is 2. The van der Waals surface area contributed by atoms with E-state index in [9.17, 15) is 12.8 Å². The molecule has 0 spiro atoms. The molecule has 0 aliphatic carbocycles. The third-order valence-electron chi connectivity index (χ3n) is 2.55. The Labute approximate surface area is 115 Å². The van der Waals surface area contributed by atoms with Crippen LogP contribution in [0.15, 0.2) is 47.4 Å². The van der Waals surface area contributed by atoms with Crippen LogP contribution in [0.5, 0.6) is 0 Å². The number of nitrogens with two attached hydrogens (primary N) is 1. The molecule has 102 valence electrons. The molecule has 0 atom stereocenters. The minimum Gasteiger partial charge on any atom is -0.396 e. The van der Waals surface area contributed by atoms with Crippen LogP contribution in [-0.2, 0) is 10.0 Å². The summed E-state index contributed by atoms with van der Waals surface area (Å²) in [7, 11) is -3.83. The molecule has 7 heteroatoms. The first-order valence-electron chi connectivity index (χ1n) is 5.50. The summed E-state index contributed by atoms with van der Waals surface area (Å²) in [5, 5.41) is 8.65. The molecule has 0 aromatic heterocycles. The Morgan fingerprint density at radius 1 is 1.15 bits per heavy atom. The van der Waals surface area contributed by atoms with Gasteiger partial charge in [-0.05, 0) is 36.4 Å². The molecule has 0 saturated carbocycles. The van der Waals surface area contributed by atoms with Gasteiger partial charge >= 0.3 is 0 Å². The van der Waals surface area contributed by atoms with Crippen molar-refractivity contribution in [2.45, 2.75) is 4.90 Å². The van der Waals surface area contributed by atoms with Crippen molar-refractivity contribution in [2.24, 2.45) is 0 Å². The van der Waals surface area contributed by atoms with Gasteiger partial charge in [-0.1, -0.05) is 0 Å². The largest absolute Gasteiger partial charge is 0.396 e. The van der Waals surface area contributed by atoms with Crippen LogP contribution in [0.25, 0.3) is 0 Å². The van der Waals surface area contributed by atoms with Gasteiger partial charge in [0, 0.05) is 6.07 Å². The molecule has 0 saturated heterocycles. The quantitative estimate of drug-likeness (QED) is 0.846. The SMILES string of the molecule is N#Cc1ccc(S(=O)(=O)Nc2ccc(N)c(F)c2)cc1. The van der Waals surface area contributed by atoms with E-state index in [0.717, 1.165) is 6.07 Å². The van der Waals surface area contributed by atoms with E-state index in [4.69, 9.17) is 11.0 Å². The van der Waals surface area contributed by atoms with Gasteiger partial charge in [-0.15, -0.1) is 0 Å². The lowest BCUT2D eigenvalue weighted by molar-refractivity contribution is 0.601. The standard InChI is InChI=1S/C13H10FN3O2S/c14-12-7-10(3-6-13(12)16)17-20(18,19)11-4-1-9(8-15)2-5-11/h1-7,17H,16H2. The molecule has 2 aromatic carbocycles. The van der Waals surface area contributed by atoms with Gasteiger partial charge in [-0.2, -0.15) is 5.26 Å². The number of halogens is 1. The fourth-order valence-electron chi connectivity index (χ4n) is 1.51. The zero-order valence-corrected chi connectivity index (χ0v) is 11.0. The van der Waals surface area contributed by atoms with Gasteiger partial charge in [-0.3, -0.25) is 4.72 Å². The van der Waals surface area contributed by atoms with E-state index in [1.165, 1.54) is 36.4 Å². The van der Waals surface area contributed by atoms with Crippen molar-refractivity contribution >= 4 is 21.4 Å². The lowest BCUT2D eigenvalue weighted by Gasteiger charge is -2.08. The third-order valence-corrected chi connectivity index (χ3v) is 3.94. The summed E-state index contributed by atoms with van der Waals surface area (Å²) in [6.45, 7) is 0. The summed E-state index contributed by atoms with van der Waals surface area (Å²) >= 11 is 0. The Morgan fingerprint density at radius 3 is 2.35 bits per heavy atom. The smallest absolute Gasteiger partial charge is 0.261 e. The van der Waals surface area contributed by atoms with Gasteiger partial charge in [0.05, 0.1) is 27.9 Å². The van der Waals surface area contributed by atoms with Crippen LogP contribution in [0.1, 0.15) is 5.56 Å². The fourth-order valence-corrected chi connectivity index (χ4v) is 2.56. The molecule has 0 radical (unpaired) electrons. The third kappa shape index (κ3) is 2.87. The number of nitrogens with one attached hydrogen (secondary N) is 1. The number of sulfonamides is 1. The molecule has 0 bridgehead atoms. The normalized spacial score (nSPS) is 10.8. The Balaban J connectivity index is 2.30. The van der Waals surface area contributed by atoms with Crippen molar-refractivity contribution in [3.05, 3.63) is 53.8 Å². The first-order chi connectivity index (χ1) is 9.42. The van der Waals surface area contributed by atoms with Gasteiger partial charge in [0.25, 0.3) is 10.0 Å².